The number of nitrogens with one attached hydrogen (secondary N) is 1. The minimum atomic E-state index is -0.106. The van der Waals surface area contributed by atoms with Crippen LogP contribution in [0.2, 0.25) is 0 Å². The summed E-state index contributed by atoms with van der Waals surface area (Å²) in [4.78, 5) is 14.2. The van der Waals surface area contributed by atoms with Crippen molar-refractivity contribution in [3.8, 4) is 0 Å². The number of aryl methyl sites for hydroxylation is 1. The SMILES string of the molecule is CCc1ccc(C2COCCN2CC(=O)Nc2nncs2)o1. The molecule has 0 radical (unpaired) electrons. The molecule has 1 unspecified atom stereocenters. The van der Waals surface area contributed by atoms with Crippen LogP contribution in [0.1, 0.15) is 24.5 Å². The number of nitrogens with zero attached hydrogens (tertiary/aromatic N) is 3. The van der Waals surface area contributed by atoms with Gasteiger partial charge in [-0.25, -0.2) is 0 Å². The fourth-order valence-electron chi connectivity index (χ4n) is 2.42. The number of ether oxygens (including phenoxy) is 1. The average Bonchev–Trinajstić information content (AvgIpc) is 3.19. The monoisotopic (exact) mass is 322 g/mol. The quantitative estimate of drug-likeness (QED) is 0.902. The predicted octanol–water partition coefficient (Wildman–Crippen LogP) is 1.71. The first-order valence-corrected chi connectivity index (χ1v) is 8.10. The van der Waals surface area contributed by atoms with E-state index in [2.05, 4.69) is 20.4 Å². The molecule has 1 fully saturated rings. The van der Waals surface area contributed by atoms with Crippen molar-refractivity contribution >= 4 is 22.4 Å². The van der Waals surface area contributed by atoms with Crippen LogP contribution < -0.4 is 5.32 Å². The van der Waals surface area contributed by atoms with Crippen LogP contribution in [0.4, 0.5) is 5.13 Å². The van der Waals surface area contributed by atoms with Crippen LogP contribution in [0, 0.1) is 0 Å². The molecule has 7 nitrogen and oxygen atoms in total. The summed E-state index contributed by atoms with van der Waals surface area (Å²) in [7, 11) is 0. The molecule has 1 aliphatic rings. The Morgan fingerprint density at radius 2 is 2.45 bits per heavy atom. The number of amides is 1. The van der Waals surface area contributed by atoms with E-state index in [0.717, 1.165) is 17.9 Å². The normalized spacial score (nSPS) is 19.2. The molecule has 3 heterocycles. The van der Waals surface area contributed by atoms with Gasteiger partial charge in [0.05, 0.1) is 25.8 Å². The third-order valence-electron chi connectivity index (χ3n) is 3.55. The second kappa shape index (κ2) is 6.99. The molecule has 2 aromatic rings. The van der Waals surface area contributed by atoms with E-state index in [9.17, 15) is 4.79 Å². The average molecular weight is 322 g/mol. The molecule has 0 aromatic carbocycles. The first-order valence-electron chi connectivity index (χ1n) is 7.22. The molecule has 0 aliphatic carbocycles. The van der Waals surface area contributed by atoms with E-state index in [1.54, 1.807) is 5.51 Å². The Balaban J connectivity index is 1.65. The Labute approximate surface area is 132 Å². The number of anilines is 1. The number of aromatic nitrogens is 2. The number of hydrogen-bond donors (Lipinski definition) is 1. The van der Waals surface area contributed by atoms with Crippen molar-refractivity contribution in [2.45, 2.75) is 19.4 Å². The summed E-state index contributed by atoms with van der Waals surface area (Å²) in [6.07, 6.45) is 0.852. The van der Waals surface area contributed by atoms with Crippen LogP contribution in [0.15, 0.2) is 22.1 Å². The van der Waals surface area contributed by atoms with Crippen molar-refractivity contribution in [1.29, 1.82) is 0 Å². The molecule has 1 amide bonds. The Bertz CT molecular complexity index is 613. The van der Waals surface area contributed by atoms with E-state index in [0.29, 0.717) is 24.9 Å². The summed E-state index contributed by atoms with van der Waals surface area (Å²) in [5.41, 5.74) is 1.59. The van der Waals surface area contributed by atoms with Crippen LogP contribution in [0.5, 0.6) is 0 Å². The highest BCUT2D eigenvalue weighted by atomic mass is 32.1. The van der Waals surface area contributed by atoms with Gasteiger partial charge in [-0.2, -0.15) is 0 Å². The third kappa shape index (κ3) is 3.52. The highest BCUT2D eigenvalue weighted by molar-refractivity contribution is 7.13. The van der Waals surface area contributed by atoms with Gasteiger partial charge in [0.1, 0.15) is 17.0 Å². The second-order valence-electron chi connectivity index (χ2n) is 5.01. The zero-order chi connectivity index (χ0) is 15.4. The summed E-state index contributed by atoms with van der Waals surface area (Å²) in [6.45, 7) is 4.16. The van der Waals surface area contributed by atoms with E-state index in [1.165, 1.54) is 11.3 Å². The van der Waals surface area contributed by atoms with Crippen LogP contribution >= 0.6 is 11.3 Å². The van der Waals surface area contributed by atoms with Gasteiger partial charge in [-0.05, 0) is 12.1 Å². The van der Waals surface area contributed by atoms with E-state index in [-0.39, 0.29) is 18.5 Å². The van der Waals surface area contributed by atoms with Gasteiger partial charge >= 0.3 is 0 Å². The highest BCUT2D eigenvalue weighted by Gasteiger charge is 2.28. The van der Waals surface area contributed by atoms with Crippen LogP contribution in [-0.2, 0) is 16.0 Å². The minimum absolute atomic E-state index is 0.0331. The van der Waals surface area contributed by atoms with Gasteiger partial charge in [-0.3, -0.25) is 15.0 Å². The van der Waals surface area contributed by atoms with E-state index in [4.69, 9.17) is 9.15 Å². The maximum absolute atomic E-state index is 12.1. The molecule has 0 spiro atoms. The Morgan fingerprint density at radius 1 is 1.55 bits per heavy atom. The molecule has 2 aromatic heterocycles. The van der Waals surface area contributed by atoms with E-state index in [1.807, 2.05) is 19.1 Å². The first kappa shape index (κ1) is 15.1. The largest absolute Gasteiger partial charge is 0.464 e. The van der Waals surface area contributed by atoms with Gasteiger partial charge in [0.2, 0.25) is 11.0 Å². The lowest BCUT2D eigenvalue weighted by Crippen LogP contribution is -2.43. The van der Waals surface area contributed by atoms with Crippen LogP contribution in [0.25, 0.3) is 0 Å². The van der Waals surface area contributed by atoms with Gasteiger partial charge in [0.15, 0.2) is 0 Å². The van der Waals surface area contributed by atoms with Crippen molar-refractivity contribution in [1.82, 2.24) is 15.1 Å². The topological polar surface area (TPSA) is 80.5 Å². The molecule has 3 rings (SSSR count). The fourth-order valence-corrected chi connectivity index (χ4v) is 2.88. The van der Waals surface area contributed by atoms with Crippen molar-refractivity contribution in [2.75, 3.05) is 31.6 Å². The molecular weight excluding hydrogens is 304 g/mol. The van der Waals surface area contributed by atoms with E-state index < -0.39 is 0 Å². The summed E-state index contributed by atoms with van der Waals surface area (Å²) in [5, 5.41) is 10.8. The summed E-state index contributed by atoms with van der Waals surface area (Å²) < 4.78 is 11.4. The van der Waals surface area contributed by atoms with Crippen molar-refractivity contribution in [3.63, 3.8) is 0 Å². The van der Waals surface area contributed by atoms with Gasteiger partial charge in [-0.15, -0.1) is 10.2 Å². The van der Waals surface area contributed by atoms with Gasteiger partial charge in [0.25, 0.3) is 0 Å². The molecule has 8 heteroatoms. The van der Waals surface area contributed by atoms with Crippen LogP contribution in [0.3, 0.4) is 0 Å². The molecule has 118 valence electrons. The third-order valence-corrected chi connectivity index (χ3v) is 4.16. The minimum Gasteiger partial charge on any atom is -0.464 e. The molecule has 1 atom stereocenters. The van der Waals surface area contributed by atoms with Gasteiger partial charge < -0.3 is 9.15 Å². The Kier molecular flexibility index (Phi) is 4.81. The Hall–Kier alpha value is -1.77. The van der Waals surface area contributed by atoms with Gasteiger partial charge in [0, 0.05) is 13.0 Å². The lowest BCUT2D eigenvalue weighted by molar-refractivity contribution is -0.120. The maximum atomic E-state index is 12.1. The molecule has 22 heavy (non-hydrogen) atoms. The molecule has 0 saturated carbocycles. The number of carbonyl (C=O) groups excluding carboxylic acids is 1. The van der Waals surface area contributed by atoms with Crippen molar-refractivity contribution < 1.29 is 13.9 Å². The van der Waals surface area contributed by atoms with Gasteiger partial charge in [-0.1, -0.05) is 18.3 Å². The first-order chi connectivity index (χ1) is 10.8. The molecule has 1 saturated heterocycles. The van der Waals surface area contributed by atoms with Crippen molar-refractivity contribution in [3.05, 3.63) is 29.2 Å². The fraction of sp³-hybridized carbons (Fsp3) is 0.500. The Morgan fingerprint density at radius 3 is 3.18 bits per heavy atom. The number of rotatable bonds is 5. The van der Waals surface area contributed by atoms with Crippen LogP contribution in [-0.4, -0.2) is 47.3 Å². The highest BCUT2D eigenvalue weighted by Crippen LogP contribution is 2.26. The molecule has 1 N–H and O–H groups in total. The number of furan rings is 1. The summed E-state index contributed by atoms with van der Waals surface area (Å²) >= 11 is 1.30. The predicted molar refractivity (Wildman–Crippen MR) is 81.8 cm³/mol. The number of hydrogen-bond acceptors (Lipinski definition) is 7. The number of morpholine rings is 1. The smallest absolute Gasteiger partial charge is 0.240 e. The molecular formula is C14H18N4O3S. The van der Waals surface area contributed by atoms with Crippen molar-refractivity contribution in [2.24, 2.45) is 0 Å². The van der Waals surface area contributed by atoms with E-state index >= 15 is 0 Å². The standard InChI is InChI=1S/C14H18N4O3S/c1-2-10-3-4-12(21-10)11-8-20-6-5-18(11)7-13(19)16-14-17-15-9-22-14/h3-4,9,11H,2,5-8H2,1H3,(H,16,17,19). The molecule has 0 bridgehead atoms. The second-order valence-corrected chi connectivity index (χ2v) is 5.84. The zero-order valence-electron chi connectivity index (χ0n) is 12.3. The molecule has 1 aliphatic heterocycles. The lowest BCUT2D eigenvalue weighted by atomic mass is 10.1. The number of carbonyl (C=O) groups is 1. The maximum Gasteiger partial charge on any atom is 0.240 e. The zero-order valence-corrected chi connectivity index (χ0v) is 13.1. The summed E-state index contributed by atoms with van der Waals surface area (Å²) in [6, 6.07) is 3.91. The lowest BCUT2D eigenvalue weighted by Gasteiger charge is -2.33. The summed E-state index contributed by atoms with van der Waals surface area (Å²) in [5.74, 6) is 1.69.